The highest BCUT2D eigenvalue weighted by atomic mass is 16.5. The van der Waals surface area contributed by atoms with E-state index < -0.39 is 0 Å². The number of carbonyl (C=O) groups is 1. The summed E-state index contributed by atoms with van der Waals surface area (Å²) in [4.78, 5) is 17.7. The summed E-state index contributed by atoms with van der Waals surface area (Å²) in [5, 5.41) is 17.6. The number of piperidine rings is 1. The molecule has 210 valence electrons. The van der Waals surface area contributed by atoms with Crippen LogP contribution in [-0.2, 0) is 6.54 Å². The molecule has 8 nitrogen and oxygen atoms in total. The number of nitrogens with one attached hydrogen (secondary N) is 2. The molecule has 0 aromatic heterocycles. The minimum Gasteiger partial charge on any atom is -0.497 e. The third-order valence-corrected chi connectivity index (χ3v) is 7.49. The van der Waals surface area contributed by atoms with Crippen LogP contribution in [-0.4, -0.2) is 48.8 Å². The number of hydrogen-bond donors (Lipinski definition) is 3. The molecule has 1 fully saturated rings. The van der Waals surface area contributed by atoms with Crippen LogP contribution >= 0.6 is 0 Å². The molecule has 0 spiro atoms. The van der Waals surface area contributed by atoms with Crippen LogP contribution in [0.5, 0.6) is 11.5 Å². The van der Waals surface area contributed by atoms with Crippen molar-refractivity contribution < 1.29 is 14.3 Å². The van der Waals surface area contributed by atoms with Crippen molar-refractivity contribution in [2.45, 2.75) is 32.4 Å². The number of likely N-dealkylation sites (tertiary alicyclic amines) is 1. The van der Waals surface area contributed by atoms with Gasteiger partial charge in [-0.25, -0.2) is 0 Å². The van der Waals surface area contributed by atoms with Crippen LogP contribution < -0.4 is 20.1 Å². The predicted octanol–water partition coefficient (Wildman–Crippen LogP) is 5.82. The van der Waals surface area contributed by atoms with Gasteiger partial charge in [0.25, 0.3) is 5.91 Å². The number of nitrogens with two attached hydrogens (primary N) is 1. The standard InChI is InChI=1S/C33H35N5O3/c1-22(34)37-16-14-30(15-17-37)41-29-12-10-28(11-13-29)38(33(39)26-4-3-5-31(20-26)40-2)21-23-6-7-24-8-9-25(32(35)36)19-27(24)18-23/h3-13,18-20,30,34H,14-17,21H2,1-2H3,(H3,35,36). The van der Waals surface area contributed by atoms with Gasteiger partial charge in [-0.1, -0.05) is 30.3 Å². The maximum Gasteiger partial charge on any atom is 0.258 e. The molecule has 4 aromatic rings. The zero-order valence-electron chi connectivity index (χ0n) is 23.4. The van der Waals surface area contributed by atoms with Crippen LogP contribution in [0, 0.1) is 10.8 Å². The largest absolute Gasteiger partial charge is 0.497 e. The Kier molecular flexibility index (Phi) is 8.19. The van der Waals surface area contributed by atoms with Crippen molar-refractivity contribution in [3.05, 3.63) is 102 Å². The molecule has 0 aliphatic carbocycles. The summed E-state index contributed by atoms with van der Waals surface area (Å²) < 4.78 is 11.6. The molecule has 0 atom stereocenters. The van der Waals surface area contributed by atoms with Crippen LogP contribution in [0.3, 0.4) is 0 Å². The van der Waals surface area contributed by atoms with E-state index in [1.165, 1.54) is 0 Å². The quantitative estimate of drug-likeness (QED) is 0.189. The molecule has 1 aliphatic heterocycles. The molecule has 5 rings (SSSR count). The lowest BCUT2D eigenvalue weighted by molar-refractivity contribution is 0.0984. The number of hydrogen-bond acceptors (Lipinski definition) is 5. The molecule has 1 saturated heterocycles. The van der Waals surface area contributed by atoms with Gasteiger partial charge in [0.15, 0.2) is 0 Å². The summed E-state index contributed by atoms with van der Waals surface area (Å²) in [5.74, 6) is 1.84. The van der Waals surface area contributed by atoms with Gasteiger partial charge in [0, 0.05) is 42.7 Å². The normalized spacial score (nSPS) is 13.6. The highest BCUT2D eigenvalue weighted by Gasteiger charge is 2.22. The molecule has 0 bridgehead atoms. The Hall–Kier alpha value is -4.85. The Balaban J connectivity index is 1.41. The topological polar surface area (TPSA) is 116 Å². The number of methoxy groups -OCH3 is 1. The van der Waals surface area contributed by atoms with Crippen molar-refractivity contribution in [3.8, 4) is 11.5 Å². The van der Waals surface area contributed by atoms with Gasteiger partial charge in [0.1, 0.15) is 23.4 Å². The van der Waals surface area contributed by atoms with Gasteiger partial charge >= 0.3 is 0 Å². The number of nitrogens with zero attached hydrogens (tertiary/aromatic N) is 2. The summed E-state index contributed by atoms with van der Waals surface area (Å²) in [6, 6.07) is 26.6. The first kappa shape index (κ1) is 27.7. The Labute approximate surface area is 240 Å². The molecule has 4 aromatic carbocycles. The van der Waals surface area contributed by atoms with Crippen LogP contribution in [0.15, 0.2) is 84.9 Å². The van der Waals surface area contributed by atoms with E-state index >= 15 is 0 Å². The summed E-state index contributed by atoms with van der Waals surface area (Å²) in [6.07, 6.45) is 1.83. The minimum absolute atomic E-state index is 0.0184. The molecular formula is C33H35N5O3. The highest BCUT2D eigenvalue weighted by Crippen LogP contribution is 2.27. The lowest BCUT2D eigenvalue weighted by Crippen LogP contribution is -2.40. The maximum atomic E-state index is 13.9. The summed E-state index contributed by atoms with van der Waals surface area (Å²) in [7, 11) is 1.58. The number of carbonyl (C=O) groups excluding carboxylic acids is 1. The van der Waals surface area contributed by atoms with E-state index in [1.54, 1.807) is 24.1 Å². The lowest BCUT2D eigenvalue weighted by Gasteiger charge is -2.33. The van der Waals surface area contributed by atoms with Gasteiger partial charge in [0.2, 0.25) is 0 Å². The number of benzene rings is 4. The Morgan fingerprint density at radius 3 is 2.32 bits per heavy atom. The molecule has 1 heterocycles. The zero-order chi connectivity index (χ0) is 28.9. The third-order valence-electron chi connectivity index (χ3n) is 7.49. The molecule has 41 heavy (non-hydrogen) atoms. The molecule has 1 aliphatic rings. The molecule has 0 radical (unpaired) electrons. The van der Waals surface area contributed by atoms with Crippen molar-refractivity contribution in [1.29, 1.82) is 10.8 Å². The van der Waals surface area contributed by atoms with E-state index in [-0.39, 0.29) is 17.8 Å². The Bertz CT molecular complexity index is 1580. The van der Waals surface area contributed by atoms with Crippen molar-refractivity contribution >= 4 is 34.0 Å². The Morgan fingerprint density at radius 2 is 1.63 bits per heavy atom. The monoisotopic (exact) mass is 549 g/mol. The van der Waals surface area contributed by atoms with Crippen molar-refractivity contribution in [1.82, 2.24) is 4.90 Å². The third kappa shape index (κ3) is 6.49. The van der Waals surface area contributed by atoms with Gasteiger partial charge in [0.05, 0.1) is 19.5 Å². The maximum absolute atomic E-state index is 13.9. The number of rotatable bonds is 8. The fourth-order valence-electron chi connectivity index (χ4n) is 5.14. The van der Waals surface area contributed by atoms with Crippen molar-refractivity contribution in [2.24, 2.45) is 5.73 Å². The summed E-state index contributed by atoms with van der Waals surface area (Å²) >= 11 is 0. The van der Waals surface area contributed by atoms with E-state index in [0.29, 0.717) is 29.3 Å². The molecule has 0 unspecified atom stereocenters. The van der Waals surface area contributed by atoms with Crippen LogP contribution in [0.25, 0.3) is 10.8 Å². The number of amides is 1. The zero-order valence-corrected chi connectivity index (χ0v) is 23.4. The smallest absolute Gasteiger partial charge is 0.258 e. The van der Waals surface area contributed by atoms with Gasteiger partial charge < -0.3 is 25.0 Å². The van der Waals surface area contributed by atoms with E-state index in [0.717, 1.165) is 53.7 Å². The van der Waals surface area contributed by atoms with Crippen LogP contribution in [0.4, 0.5) is 5.69 Å². The number of amidine groups is 2. The Morgan fingerprint density at radius 1 is 0.902 bits per heavy atom. The number of ether oxygens (including phenoxy) is 2. The molecule has 4 N–H and O–H groups in total. The van der Waals surface area contributed by atoms with Gasteiger partial charge in [-0.05, 0) is 77.9 Å². The van der Waals surface area contributed by atoms with Crippen LogP contribution in [0.2, 0.25) is 0 Å². The molecule has 0 saturated carbocycles. The predicted molar refractivity (Wildman–Crippen MR) is 164 cm³/mol. The second-order valence-corrected chi connectivity index (χ2v) is 10.3. The molecular weight excluding hydrogens is 514 g/mol. The van der Waals surface area contributed by atoms with E-state index in [2.05, 4.69) is 4.90 Å². The SMILES string of the molecule is COc1cccc(C(=O)N(Cc2ccc3ccc(C(=N)N)cc3c2)c2ccc(OC3CCN(C(C)=N)CC3)cc2)c1. The molecule has 8 heteroatoms. The summed E-state index contributed by atoms with van der Waals surface area (Å²) in [6.45, 7) is 3.80. The first-order chi connectivity index (χ1) is 19.8. The van der Waals surface area contributed by atoms with Crippen molar-refractivity contribution in [3.63, 3.8) is 0 Å². The van der Waals surface area contributed by atoms with Gasteiger partial charge in [-0.2, -0.15) is 0 Å². The first-order valence-corrected chi connectivity index (χ1v) is 13.7. The van der Waals surface area contributed by atoms with E-state index in [9.17, 15) is 4.79 Å². The van der Waals surface area contributed by atoms with E-state index in [1.807, 2.05) is 79.7 Å². The van der Waals surface area contributed by atoms with Gasteiger partial charge in [-0.15, -0.1) is 0 Å². The second kappa shape index (κ2) is 12.1. The number of fused-ring (bicyclic) bond motifs is 1. The van der Waals surface area contributed by atoms with Crippen LogP contribution in [0.1, 0.15) is 41.3 Å². The average Bonchev–Trinajstić information content (AvgIpc) is 3.00. The van der Waals surface area contributed by atoms with Crippen molar-refractivity contribution in [2.75, 3.05) is 25.1 Å². The fourth-order valence-corrected chi connectivity index (χ4v) is 5.14. The van der Waals surface area contributed by atoms with E-state index in [4.69, 9.17) is 26.0 Å². The second-order valence-electron chi connectivity index (χ2n) is 10.3. The number of nitrogen functional groups attached to an aromatic ring is 1. The lowest BCUT2D eigenvalue weighted by atomic mass is 10.0. The summed E-state index contributed by atoms with van der Waals surface area (Å²) in [5.41, 5.74) is 8.60. The molecule has 1 amide bonds. The average molecular weight is 550 g/mol. The highest BCUT2D eigenvalue weighted by molar-refractivity contribution is 6.06. The fraction of sp³-hybridized carbons (Fsp3) is 0.242. The number of anilines is 1. The first-order valence-electron chi connectivity index (χ1n) is 13.7. The van der Waals surface area contributed by atoms with Gasteiger partial charge in [-0.3, -0.25) is 15.6 Å². The minimum atomic E-state index is -0.149.